The lowest BCUT2D eigenvalue weighted by Crippen LogP contribution is -2.08. The first-order valence-electron chi connectivity index (χ1n) is 5.43. The summed E-state index contributed by atoms with van der Waals surface area (Å²) in [5.41, 5.74) is 2.17. The Labute approximate surface area is 100 Å². The molecule has 0 aliphatic carbocycles. The van der Waals surface area contributed by atoms with Crippen LogP contribution in [0.4, 0.5) is 10.1 Å². The fourth-order valence-corrected chi connectivity index (χ4v) is 1.51. The standard InChI is InChI=1S/C14H14FNO/c1-11-4-2-6-13(8-11)16-10-17-14-7-3-5-12(15)9-14/h2-9,16H,10H2,1H3. The van der Waals surface area contributed by atoms with Gasteiger partial charge in [0.05, 0.1) is 0 Å². The van der Waals surface area contributed by atoms with Crippen LogP contribution in [-0.2, 0) is 0 Å². The monoisotopic (exact) mass is 231 g/mol. The van der Waals surface area contributed by atoms with Gasteiger partial charge in [-0.15, -0.1) is 0 Å². The molecule has 0 aromatic heterocycles. The Morgan fingerprint density at radius 3 is 2.71 bits per heavy atom. The third-order valence-electron chi connectivity index (χ3n) is 2.33. The minimum atomic E-state index is -0.293. The van der Waals surface area contributed by atoms with Gasteiger partial charge in [0.25, 0.3) is 0 Å². The summed E-state index contributed by atoms with van der Waals surface area (Å²) in [6.07, 6.45) is 0. The summed E-state index contributed by atoms with van der Waals surface area (Å²) in [7, 11) is 0. The number of aryl methyl sites for hydroxylation is 1. The van der Waals surface area contributed by atoms with Crippen molar-refractivity contribution in [2.24, 2.45) is 0 Å². The van der Waals surface area contributed by atoms with Gasteiger partial charge in [0, 0.05) is 11.8 Å². The van der Waals surface area contributed by atoms with Crippen molar-refractivity contribution in [2.75, 3.05) is 12.0 Å². The first kappa shape index (κ1) is 11.5. The van der Waals surface area contributed by atoms with E-state index in [1.165, 1.54) is 17.7 Å². The van der Waals surface area contributed by atoms with Crippen molar-refractivity contribution in [3.05, 3.63) is 59.9 Å². The summed E-state index contributed by atoms with van der Waals surface area (Å²) in [5.74, 6) is 0.225. The molecule has 0 spiro atoms. The van der Waals surface area contributed by atoms with E-state index >= 15 is 0 Å². The van der Waals surface area contributed by atoms with Crippen LogP contribution >= 0.6 is 0 Å². The van der Waals surface area contributed by atoms with Gasteiger partial charge in [-0.2, -0.15) is 0 Å². The third-order valence-corrected chi connectivity index (χ3v) is 2.33. The molecule has 2 aromatic carbocycles. The highest BCUT2D eigenvalue weighted by Crippen LogP contribution is 2.13. The molecule has 17 heavy (non-hydrogen) atoms. The van der Waals surface area contributed by atoms with Crippen LogP contribution in [0.1, 0.15) is 5.56 Å². The summed E-state index contributed by atoms with van der Waals surface area (Å²) in [6, 6.07) is 14.1. The van der Waals surface area contributed by atoms with E-state index in [0.717, 1.165) is 5.69 Å². The maximum atomic E-state index is 12.9. The molecule has 0 saturated heterocycles. The Hall–Kier alpha value is -2.03. The number of hydrogen-bond donors (Lipinski definition) is 1. The van der Waals surface area contributed by atoms with Crippen LogP contribution in [-0.4, -0.2) is 6.73 Å². The van der Waals surface area contributed by atoms with Gasteiger partial charge in [0.1, 0.15) is 11.6 Å². The average Bonchev–Trinajstić information content (AvgIpc) is 2.29. The van der Waals surface area contributed by atoms with E-state index in [1.807, 2.05) is 31.2 Å². The molecular weight excluding hydrogens is 217 g/mol. The van der Waals surface area contributed by atoms with Gasteiger partial charge in [0.2, 0.25) is 0 Å². The predicted octanol–water partition coefficient (Wildman–Crippen LogP) is 3.58. The van der Waals surface area contributed by atoms with Crippen LogP contribution in [0.2, 0.25) is 0 Å². The molecule has 3 heteroatoms. The molecular formula is C14H14FNO. The van der Waals surface area contributed by atoms with E-state index in [4.69, 9.17) is 4.74 Å². The Kier molecular flexibility index (Phi) is 3.60. The molecule has 0 aliphatic rings. The fourth-order valence-electron chi connectivity index (χ4n) is 1.51. The molecule has 0 atom stereocenters. The van der Waals surface area contributed by atoms with Crippen LogP contribution in [0.3, 0.4) is 0 Å². The minimum Gasteiger partial charge on any atom is -0.473 e. The molecule has 0 fully saturated rings. The highest BCUT2D eigenvalue weighted by Gasteiger charge is 1.96. The number of rotatable bonds is 4. The van der Waals surface area contributed by atoms with E-state index < -0.39 is 0 Å². The lowest BCUT2D eigenvalue weighted by atomic mass is 10.2. The molecule has 2 rings (SSSR count). The zero-order chi connectivity index (χ0) is 12.1. The quantitative estimate of drug-likeness (QED) is 0.812. The highest BCUT2D eigenvalue weighted by molar-refractivity contribution is 5.45. The summed E-state index contributed by atoms with van der Waals surface area (Å²) in [5, 5.41) is 3.11. The molecule has 0 bridgehead atoms. The Bertz CT molecular complexity index is 454. The Balaban J connectivity index is 1.87. The molecule has 2 nitrogen and oxygen atoms in total. The van der Waals surface area contributed by atoms with Crippen LogP contribution < -0.4 is 10.1 Å². The maximum absolute atomic E-state index is 12.9. The van der Waals surface area contributed by atoms with Gasteiger partial charge in [-0.1, -0.05) is 18.2 Å². The van der Waals surface area contributed by atoms with Gasteiger partial charge in [-0.25, -0.2) is 4.39 Å². The van der Waals surface area contributed by atoms with Crippen molar-refractivity contribution in [1.82, 2.24) is 0 Å². The van der Waals surface area contributed by atoms with Crippen molar-refractivity contribution in [2.45, 2.75) is 6.92 Å². The van der Waals surface area contributed by atoms with Gasteiger partial charge in [0.15, 0.2) is 6.73 Å². The number of benzene rings is 2. The van der Waals surface area contributed by atoms with E-state index in [2.05, 4.69) is 5.32 Å². The van der Waals surface area contributed by atoms with Crippen LogP contribution in [0.15, 0.2) is 48.5 Å². The highest BCUT2D eigenvalue weighted by atomic mass is 19.1. The summed E-state index contributed by atoms with van der Waals surface area (Å²) >= 11 is 0. The predicted molar refractivity (Wildman–Crippen MR) is 66.7 cm³/mol. The first-order valence-corrected chi connectivity index (χ1v) is 5.43. The number of anilines is 1. The van der Waals surface area contributed by atoms with Crippen LogP contribution in [0, 0.1) is 12.7 Å². The Morgan fingerprint density at radius 2 is 1.94 bits per heavy atom. The molecule has 0 amide bonds. The summed E-state index contributed by atoms with van der Waals surface area (Å²) in [4.78, 5) is 0. The number of nitrogens with one attached hydrogen (secondary N) is 1. The average molecular weight is 231 g/mol. The van der Waals surface area contributed by atoms with E-state index in [0.29, 0.717) is 12.5 Å². The number of ether oxygens (including phenoxy) is 1. The fraction of sp³-hybridized carbons (Fsp3) is 0.143. The largest absolute Gasteiger partial charge is 0.473 e. The molecule has 88 valence electrons. The second-order valence-electron chi connectivity index (χ2n) is 3.79. The summed E-state index contributed by atoms with van der Waals surface area (Å²) in [6.45, 7) is 2.34. The van der Waals surface area contributed by atoms with E-state index in [1.54, 1.807) is 12.1 Å². The van der Waals surface area contributed by atoms with Crippen molar-refractivity contribution in [3.63, 3.8) is 0 Å². The Morgan fingerprint density at radius 1 is 1.12 bits per heavy atom. The molecule has 0 radical (unpaired) electrons. The molecule has 0 aliphatic heterocycles. The van der Waals surface area contributed by atoms with Crippen LogP contribution in [0.25, 0.3) is 0 Å². The maximum Gasteiger partial charge on any atom is 0.159 e. The van der Waals surface area contributed by atoms with E-state index in [-0.39, 0.29) is 5.82 Å². The van der Waals surface area contributed by atoms with Gasteiger partial charge in [-0.05, 0) is 36.8 Å². The zero-order valence-corrected chi connectivity index (χ0v) is 9.61. The SMILES string of the molecule is Cc1cccc(NCOc2cccc(F)c2)c1. The van der Waals surface area contributed by atoms with Gasteiger partial charge < -0.3 is 10.1 Å². The van der Waals surface area contributed by atoms with Crippen molar-refractivity contribution >= 4 is 5.69 Å². The molecule has 2 aromatic rings. The van der Waals surface area contributed by atoms with Crippen LogP contribution in [0.5, 0.6) is 5.75 Å². The number of halogens is 1. The molecule has 0 saturated carbocycles. The topological polar surface area (TPSA) is 21.3 Å². The lowest BCUT2D eigenvalue weighted by Gasteiger charge is -2.09. The number of hydrogen-bond acceptors (Lipinski definition) is 2. The smallest absolute Gasteiger partial charge is 0.159 e. The zero-order valence-electron chi connectivity index (χ0n) is 9.61. The molecule has 1 N–H and O–H groups in total. The van der Waals surface area contributed by atoms with Gasteiger partial charge >= 0.3 is 0 Å². The normalized spacial score (nSPS) is 10.0. The second-order valence-corrected chi connectivity index (χ2v) is 3.79. The summed E-state index contributed by atoms with van der Waals surface area (Å²) < 4.78 is 18.2. The van der Waals surface area contributed by atoms with Crippen molar-refractivity contribution in [1.29, 1.82) is 0 Å². The third kappa shape index (κ3) is 3.48. The van der Waals surface area contributed by atoms with E-state index in [9.17, 15) is 4.39 Å². The molecule has 0 heterocycles. The van der Waals surface area contributed by atoms with Crippen molar-refractivity contribution in [3.8, 4) is 5.75 Å². The second kappa shape index (κ2) is 5.34. The lowest BCUT2D eigenvalue weighted by molar-refractivity contribution is 0.345. The minimum absolute atomic E-state index is 0.293. The van der Waals surface area contributed by atoms with Crippen molar-refractivity contribution < 1.29 is 9.13 Å². The molecule has 0 unspecified atom stereocenters. The van der Waals surface area contributed by atoms with Gasteiger partial charge in [-0.3, -0.25) is 0 Å². The first-order chi connectivity index (χ1) is 8.24.